The number of rotatable bonds is 6. The molecule has 0 spiro atoms. The van der Waals surface area contributed by atoms with Crippen molar-refractivity contribution in [2.24, 2.45) is 0 Å². The second-order valence-corrected chi connectivity index (χ2v) is 4.44. The molecule has 0 atom stereocenters. The third-order valence-electron chi connectivity index (χ3n) is 2.88. The van der Waals surface area contributed by atoms with Crippen molar-refractivity contribution in [3.05, 3.63) is 41.9 Å². The van der Waals surface area contributed by atoms with Gasteiger partial charge in [-0.2, -0.15) is 5.10 Å². The first-order valence-corrected chi connectivity index (χ1v) is 6.67. The van der Waals surface area contributed by atoms with Gasteiger partial charge < -0.3 is 10.6 Å². The van der Waals surface area contributed by atoms with E-state index in [1.807, 2.05) is 17.1 Å². The van der Waals surface area contributed by atoms with Crippen molar-refractivity contribution in [1.29, 1.82) is 0 Å². The molecule has 0 aliphatic heterocycles. The van der Waals surface area contributed by atoms with Crippen LogP contribution in [-0.4, -0.2) is 27.7 Å². The second kappa shape index (κ2) is 6.70. The molecular formula is C14H19N5O. The van der Waals surface area contributed by atoms with Crippen LogP contribution in [0.5, 0.6) is 0 Å². The van der Waals surface area contributed by atoms with Gasteiger partial charge in [0.05, 0.1) is 11.8 Å². The van der Waals surface area contributed by atoms with E-state index in [0.29, 0.717) is 17.9 Å². The smallest absolute Gasteiger partial charge is 0.254 e. The maximum atomic E-state index is 11.7. The molecule has 0 radical (unpaired) electrons. The first-order valence-electron chi connectivity index (χ1n) is 6.67. The second-order valence-electron chi connectivity index (χ2n) is 4.44. The van der Waals surface area contributed by atoms with Crippen LogP contribution in [0, 0.1) is 0 Å². The summed E-state index contributed by atoms with van der Waals surface area (Å²) in [5.41, 5.74) is 1.60. The third-order valence-corrected chi connectivity index (χ3v) is 2.88. The average molecular weight is 273 g/mol. The zero-order valence-electron chi connectivity index (χ0n) is 11.8. The fourth-order valence-corrected chi connectivity index (χ4v) is 1.90. The molecule has 0 aromatic carbocycles. The van der Waals surface area contributed by atoms with E-state index >= 15 is 0 Å². The molecule has 2 aromatic heterocycles. The van der Waals surface area contributed by atoms with E-state index in [1.54, 1.807) is 25.4 Å². The fourth-order valence-electron chi connectivity index (χ4n) is 1.90. The number of nitrogens with one attached hydrogen (secondary N) is 2. The summed E-state index contributed by atoms with van der Waals surface area (Å²) in [6, 6.07) is 3.49. The minimum atomic E-state index is -0.151. The number of carbonyl (C=O) groups excluding carboxylic acids is 1. The van der Waals surface area contributed by atoms with Crippen molar-refractivity contribution < 1.29 is 4.79 Å². The zero-order chi connectivity index (χ0) is 14.4. The van der Waals surface area contributed by atoms with Gasteiger partial charge >= 0.3 is 0 Å². The topological polar surface area (TPSA) is 71.8 Å². The highest BCUT2D eigenvalue weighted by atomic mass is 16.1. The van der Waals surface area contributed by atoms with Crippen molar-refractivity contribution in [2.75, 3.05) is 12.4 Å². The summed E-state index contributed by atoms with van der Waals surface area (Å²) in [6.07, 6.45) is 6.54. The molecular weight excluding hydrogens is 254 g/mol. The van der Waals surface area contributed by atoms with Crippen LogP contribution in [0.2, 0.25) is 0 Å². The lowest BCUT2D eigenvalue weighted by Gasteiger charge is -2.08. The SMILES string of the molecule is CCCn1cc(CNc2ncccc2C(=O)NC)cn1. The quantitative estimate of drug-likeness (QED) is 0.839. The van der Waals surface area contributed by atoms with Gasteiger partial charge in [-0.25, -0.2) is 4.98 Å². The lowest BCUT2D eigenvalue weighted by Crippen LogP contribution is -2.20. The first kappa shape index (κ1) is 14.0. The fraction of sp³-hybridized carbons (Fsp3) is 0.357. The van der Waals surface area contributed by atoms with Crippen molar-refractivity contribution in [2.45, 2.75) is 26.4 Å². The molecule has 2 rings (SSSR count). The molecule has 106 valence electrons. The number of aromatic nitrogens is 3. The van der Waals surface area contributed by atoms with Gasteiger partial charge in [-0.05, 0) is 18.6 Å². The maximum absolute atomic E-state index is 11.7. The lowest BCUT2D eigenvalue weighted by molar-refractivity contribution is 0.0963. The largest absolute Gasteiger partial charge is 0.365 e. The summed E-state index contributed by atoms with van der Waals surface area (Å²) in [5.74, 6) is 0.428. The minimum absolute atomic E-state index is 0.151. The molecule has 6 heteroatoms. The molecule has 0 fully saturated rings. The molecule has 0 aliphatic carbocycles. The van der Waals surface area contributed by atoms with E-state index in [0.717, 1.165) is 18.5 Å². The Labute approximate surface area is 118 Å². The van der Waals surface area contributed by atoms with Crippen LogP contribution >= 0.6 is 0 Å². The van der Waals surface area contributed by atoms with E-state index < -0.39 is 0 Å². The molecule has 0 saturated carbocycles. The number of amides is 1. The monoisotopic (exact) mass is 273 g/mol. The van der Waals surface area contributed by atoms with Crippen LogP contribution in [0.1, 0.15) is 29.3 Å². The number of pyridine rings is 1. The molecule has 0 aliphatic rings. The van der Waals surface area contributed by atoms with Gasteiger partial charge in [0.25, 0.3) is 5.91 Å². The third kappa shape index (κ3) is 3.34. The number of aryl methyl sites for hydroxylation is 1. The lowest BCUT2D eigenvalue weighted by atomic mass is 10.2. The summed E-state index contributed by atoms with van der Waals surface area (Å²) in [7, 11) is 1.61. The summed E-state index contributed by atoms with van der Waals surface area (Å²) >= 11 is 0. The van der Waals surface area contributed by atoms with Crippen LogP contribution in [0.15, 0.2) is 30.7 Å². The number of hydrogen-bond donors (Lipinski definition) is 2. The molecule has 6 nitrogen and oxygen atoms in total. The van der Waals surface area contributed by atoms with E-state index in [4.69, 9.17) is 0 Å². The van der Waals surface area contributed by atoms with Gasteiger partial charge in [-0.3, -0.25) is 9.48 Å². The van der Waals surface area contributed by atoms with Gasteiger partial charge in [0.1, 0.15) is 5.82 Å². The van der Waals surface area contributed by atoms with Crippen molar-refractivity contribution in [1.82, 2.24) is 20.1 Å². The highest BCUT2D eigenvalue weighted by molar-refractivity contribution is 5.98. The molecule has 0 unspecified atom stereocenters. The maximum Gasteiger partial charge on any atom is 0.254 e. The highest BCUT2D eigenvalue weighted by Crippen LogP contribution is 2.12. The number of nitrogens with zero attached hydrogens (tertiary/aromatic N) is 3. The Hall–Kier alpha value is -2.37. The Kier molecular flexibility index (Phi) is 4.70. The summed E-state index contributed by atoms with van der Waals surface area (Å²) in [6.45, 7) is 3.61. The van der Waals surface area contributed by atoms with Gasteiger partial charge in [0.2, 0.25) is 0 Å². The van der Waals surface area contributed by atoms with Crippen LogP contribution < -0.4 is 10.6 Å². The predicted octanol–water partition coefficient (Wildman–Crippen LogP) is 1.66. The van der Waals surface area contributed by atoms with Crippen LogP contribution in [0.4, 0.5) is 5.82 Å². The van der Waals surface area contributed by atoms with Gasteiger partial charge in [0, 0.05) is 38.1 Å². The van der Waals surface area contributed by atoms with E-state index in [9.17, 15) is 4.79 Å². The minimum Gasteiger partial charge on any atom is -0.365 e. The van der Waals surface area contributed by atoms with Crippen molar-refractivity contribution in [3.63, 3.8) is 0 Å². The normalized spacial score (nSPS) is 10.3. The van der Waals surface area contributed by atoms with Gasteiger partial charge in [-0.1, -0.05) is 6.92 Å². The average Bonchev–Trinajstić information content (AvgIpc) is 2.93. The van der Waals surface area contributed by atoms with Crippen molar-refractivity contribution >= 4 is 11.7 Å². The van der Waals surface area contributed by atoms with Crippen LogP contribution in [-0.2, 0) is 13.1 Å². The Balaban J connectivity index is 2.04. The van der Waals surface area contributed by atoms with Crippen molar-refractivity contribution in [3.8, 4) is 0 Å². The molecule has 0 saturated heterocycles. The number of carbonyl (C=O) groups is 1. The van der Waals surface area contributed by atoms with E-state index in [-0.39, 0.29) is 5.91 Å². The summed E-state index contributed by atoms with van der Waals surface area (Å²) in [4.78, 5) is 15.9. The Morgan fingerprint density at radius 3 is 3.05 bits per heavy atom. The highest BCUT2D eigenvalue weighted by Gasteiger charge is 2.10. The Bertz CT molecular complexity index is 578. The van der Waals surface area contributed by atoms with Crippen LogP contribution in [0.25, 0.3) is 0 Å². The predicted molar refractivity (Wildman–Crippen MR) is 77.5 cm³/mol. The van der Waals surface area contributed by atoms with E-state index in [1.165, 1.54) is 0 Å². The molecule has 2 aromatic rings. The summed E-state index contributed by atoms with van der Waals surface area (Å²) < 4.78 is 1.91. The Morgan fingerprint density at radius 2 is 2.30 bits per heavy atom. The molecule has 0 bridgehead atoms. The zero-order valence-corrected chi connectivity index (χ0v) is 11.8. The van der Waals surface area contributed by atoms with E-state index in [2.05, 4.69) is 27.6 Å². The van der Waals surface area contributed by atoms with Crippen LogP contribution in [0.3, 0.4) is 0 Å². The molecule has 20 heavy (non-hydrogen) atoms. The number of anilines is 1. The first-order chi connectivity index (χ1) is 9.74. The molecule has 2 heterocycles. The number of hydrogen-bond acceptors (Lipinski definition) is 4. The summed E-state index contributed by atoms with van der Waals surface area (Å²) in [5, 5.41) is 10.0. The standard InChI is InChI=1S/C14H19N5O/c1-3-7-19-10-11(9-18-19)8-17-13-12(14(20)15-2)5-4-6-16-13/h4-6,9-10H,3,7-8H2,1-2H3,(H,15,20)(H,16,17). The Morgan fingerprint density at radius 1 is 1.45 bits per heavy atom. The molecule has 2 N–H and O–H groups in total. The molecule has 1 amide bonds. The van der Waals surface area contributed by atoms with Gasteiger partial charge in [-0.15, -0.1) is 0 Å². The van der Waals surface area contributed by atoms with Gasteiger partial charge in [0.15, 0.2) is 0 Å².